The predicted molar refractivity (Wildman–Crippen MR) is 63.7 cm³/mol. The van der Waals surface area contributed by atoms with Gasteiger partial charge in [-0.15, -0.1) is 0 Å². The van der Waals surface area contributed by atoms with Crippen LogP contribution in [0.15, 0.2) is 22.7 Å². The number of carboxylic acids is 1. The molecule has 0 spiro atoms. The fourth-order valence-electron chi connectivity index (χ4n) is 1.14. The second kappa shape index (κ2) is 5.32. The van der Waals surface area contributed by atoms with Crippen molar-refractivity contribution >= 4 is 39.4 Å². The number of benzene rings is 1. The zero-order valence-corrected chi connectivity index (χ0v) is 10.7. The molecule has 1 aromatic carbocycles. The first-order valence-corrected chi connectivity index (χ1v) is 5.51. The summed E-state index contributed by atoms with van der Waals surface area (Å²) in [5, 5.41) is 8.85. The fourth-order valence-corrected chi connectivity index (χ4v) is 1.90. The molecule has 16 heavy (non-hydrogen) atoms. The molecule has 0 unspecified atom stereocenters. The Kier molecular flexibility index (Phi) is 4.32. The Morgan fingerprint density at radius 2 is 2.12 bits per heavy atom. The van der Waals surface area contributed by atoms with Crippen LogP contribution in [0.3, 0.4) is 0 Å². The van der Waals surface area contributed by atoms with Gasteiger partial charge in [0.1, 0.15) is 6.54 Å². The van der Waals surface area contributed by atoms with Gasteiger partial charge in [0.25, 0.3) is 5.91 Å². The molecular formula is C10H9BrClNO3. The summed E-state index contributed by atoms with van der Waals surface area (Å²) in [6.07, 6.45) is 0. The second-order valence-electron chi connectivity index (χ2n) is 3.18. The Hall–Kier alpha value is -1.07. The van der Waals surface area contributed by atoms with E-state index >= 15 is 0 Å². The third-order valence-electron chi connectivity index (χ3n) is 1.88. The highest BCUT2D eigenvalue weighted by atomic mass is 79.9. The SMILES string of the molecule is CN(CC(=O)O)C(=O)c1ccc(Br)cc1Cl. The van der Waals surface area contributed by atoms with Gasteiger partial charge in [0.05, 0.1) is 10.6 Å². The number of amides is 1. The van der Waals surface area contributed by atoms with E-state index in [4.69, 9.17) is 16.7 Å². The Morgan fingerprint density at radius 3 is 2.62 bits per heavy atom. The standard InChI is InChI=1S/C10H9BrClNO3/c1-13(5-9(14)15)10(16)7-3-2-6(11)4-8(7)12/h2-4H,5H2,1H3,(H,14,15). The quantitative estimate of drug-likeness (QED) is 0.932. The molecule has 0 bridgehead atoms. The van der Waals surface area contributed by atoms with Crippen molar-refractivity contribution in [3.8, 4) is 0 Å². The molecule has 1 aromatic rings. The van der Waals surface area contributed by atoms with Crippen molar-refractivity contribution in [2.45, 2.75) is 0 Å². The molecule has 0 aliphatic rings. The minimum Gasteiger partial charge on any atom is -0.480 e. The molecule has 0 aromatic heterocycles. The number of aliphatic carboxylic acids is 1. The lowest BCUT2D eigenvalue weighted by Crippen LogP contribution is -2.32. The van der Waals surface area contributed by atoms with E-state index in [0.29, 0.717) is 0 Å². The maximum Gasteiger partial charge on any atom is 0.323 e. The topological polar surface area (TPSA) is 57.6 Å². The monoisotopic (exact) mass is 305 g/mol. The van der Waals surface area contributed by atoms with E-state index in [1.807, 2.05) is 0 Å². The summed E-state index contributed by atoms with van der Waals surface area (Å²) in [4.78, 5) is 23.3. The maximum absolute atomic E-state index is 11.8. The van der Waals surface area contributed by atoms with Gasteiger partial charge in [0, 0.05) is 11.5 Å². The van der Waals surface area contributed by atoms with Gasteiger partial charge in [0.2, 0.25) is 0 Å². The first-order valence-electron chi connectivity index (χ1n) is 4.34. The van der Waals surface area contributed by atoms with E-state index in [1.54, 1.807) is 18.2 Å². The number of carbonyl (C=O) groups is 2. The minimum atomic E-state index is -1.07. The maximum atomic E-state index is 11.8. The molecule has 86 valence electrons. The molecule has 1 amide bonds. The van der Waals surface area contributed by atoms with Gasteiger partial charge in [-0.05, 0) is 18.2 Å². The average molecular weight is 307 g/mol. The third-order valence-corrected chi connectivity index (χ3v) is 2.69. The molecule has 0 atom stereocenters. The van der Waals surface area contributed by atoms with Gasteiger partial charge in [0.15, 0.2) is 0 Å². The van der Waals surface area contributed by atoms with Gasteiger partial charge in [-0.1, -0.05) is 27.5 Å². The van der Waals surface area contributed by atoms with Crippen LogP contribution in [0.2, 0.25) is 5.02 Å². The lowest BCUT2D eigenvalue weighted by molar-refractivity contribution is -0.137. The van der Waals surface area contributed by atoms with E-state index in [1.165, 1.54) is 7.05 Å². The van der Waals surface area contributed by atoms with E-state index in [-0.39, 0.29) is 17.1 Å². The summed E-state index contributed by atoms with van der Waals surface area (Å²) in [6, 6.07) is 4.81. The first-order chi connectivity index (χ1) is 7.41. The Morgan fingerprint density at radius 1 is 1.50 bits per heavy atom. The van der Waals surface area contributed by atoms with Crippen LogP contribution in [0.5, 0.6) is 0 Å². The molecule has 0 heterocycles. The predicted octanol–water partition coefficient (Wildman–Crippen LogP) is 2.26. The largest absolute Gasteiger partial charge is 0.480 e. The number of hydrogen-bond acceptors (Lipinski definition) is 2. The highest BCUT2D eigenvalue weighted by Gasteiger charge is 2.16. The van der Waals surface area contributed by atoms with Crippen LogP contribution in [0.25, 0.3) is 0 Å². The van der Waals surface area contributed by atoms with Gasteiger partial charge in [-0.2, -0.15) is 0 Å². The van der Waals surface area contributed by atoms with E-state index in [2.05, 4.69) is 15.9 Å². The summed E-state index contributed by atoms with van der Waals surface area (Å²) in [5.74, 6) is -1.48. The van der Waals surface area contributed by atoms with Crippen LogP contribution in [0.4, 0.5) is 0 Å². The number of halogens is 2. The number of carbonyl (C=O) groups excluding carboxylic acids is 1. The number of nitrogens with zero attached hydrogens (tertiary/aromatic N) is 1. The van der Waals surface area contributed by atoms with E-state index in [0.717, 1.165) is 9.37 Å². The molecule has 4 nitrogen and oxygen atoms in total. The zero-order chi connectivity index (χ0) is 12.3. The molecule has 1 N–H and O–H groups in total. The fraction of sp³-hybridized carbons (Fsp3) is 0.200. The number of rotatable bonds is 3. The average Bonchev–Trinajstić information content (AvgIpc) is 2.15. The smallest absolute Gasteiger partial charge is 0.323 e. The summed E-state index contributed by atoms with van der Waals surface area (Å²) >= 11 is 9.10. The van der Waals surface area contributed by atoms with Gasteiger partial charge in [-0.3, -0.25) is 9.59 Å². The molecule has 0 radical (unpaired) electrons. The van der Waals surface area contributed by atoms with Crippen molar-refractivity contribution < 1.29 is 14.7 Å². The second-order valence-corrected chi connectivity index (χ2v) is 4.50. The van der Waals surface area contributed by atoms with Crippen LogP contribution in [-0.4, -0.2) is 35.5 Å². The summed E-state index contributed by atoms with van der Waals surface area (Å²) in [5.41, 5.74) is 0.286. The lowest BCUT2D eigenvalue weighted by atomic mass is 10.2. The Balaban J connectivity index is 2.92. The molecule has 1 rings (SSSR count). The third kappa shape index (κ3) is 3.21. The Bertz CT molecular complexity index is 436. The zero-order valence-electron chi connectivity index (χ0n) is 8.41. The number of hydrogen-bond donors (Lipinski definition) is 1. The highest BCUT2D eigenvalue weighted by molar-refractivity contribution is 9.10. The Labute approximate surface area is 106 Å². The summed E-state index contributed by atoms with van der Waals surface area (Å²) in [6.45, 7) is -0.356. The summed E-state index contributed by atoms with van der Waals surface area (Å²) < 4.78 is 0.759. The molecule has 6 heteroatoms. The van der Waals surface area contributed by atoms with E-state index < -0.39 is 11.9 Å². The van der Waals surface area contributed by atoms with Crippen molar-refractivity contribution in [2.75, 3.05) is 13.6 Å². The van der Waals surface area contributed by atoms with Crippen LogP contribution < -0.4 is 0 Å². The summed E-state index contributed by atoms with van der Waals surface area (Å²) in [7, 11) is 1.41. The highest BCUT2D eigenvalue weighted by Crippen LogP contribution is 2.22. The molecule has 0 saturated heterocycles. The van der Waals surface area contributed by atoms with Crippen molar-refractivity contribution in [1.29, 1.82) is 0 Å². The lowest BCUT2D eigenvalue weighted by Gasteiger charge is -2.15. The molecule has 0 fully saturated rings. The number of likely N-dealkylation sites (N-methyl/N-ethyl adjacent to an activating group) is 1. The van der Waals surface area contributed by atoms with E-state index in [9.17, 15) is 9.59 Å². The number of carboxylic acid groups (broad SMARTS) is 1. The first kappa shape index (κ1) is 13.0. The van der Waals surface area contributed by atoms with Crippen molar-refractivity contribution in [1.82, 2.24) is 4.90 Å². The molecule has 0 aliphatic heterocycles. The van der Waals surface area contributed by atoms with Gasteiger partial charge in [-0.25, -0.2) is 0 Å². The minimum absolute atomic E-state index is 0.286. The van der Waals surface area contributed by atoms with Crippen LogP contribution in [0.1, 0.15) is 10.4 Å². The van der Waals surface area contributed by atoms with Gasteiger partial charge >= 0.3 is 5.97 Å². The normalized spacial score (nSPS) is 9.94. The van der Waals surface area contributed by atoms with Gasteiger partial charge < -0.3 is 10.0 Å². The van der Waals surface area contributed by atoms with Crippen molar-refractivity contribution in [2.24, 2.45) is 0 Å². The molecular weight excluding hydrogens is 297 g/mol. The molecule has 0 saturated carbocycles. The van der Waals surface area contributed by atoms with Crippen LogP contribution in [0, 0.1) is 0 Å². The molecule has 0 aliphatic carbocycles. The van der Waals surface area contributed by atoms with Crippen molar-refractivity contribution in [3.05, 3.63) is 33.3 Å². The van der Waals surface area contributed by atoms with Crippen molar-refractivity contribution in [3.63, 3.8) is 0 Å². The van der Waals surface area contributed by atoms with Crippen LogP contribution >= 0.6 is 27.5 Å². The van der Waals surface area contributed by atoms with Crippen LogP contribution in [-0.2, 0) is 4.79 Å².